The number of hydrogen-bond donors (Lipinski definition) is 2. The van der Waals surface area contributed by atoms with Crippen molar-refractivity contribution in [1.82, 2.24) is 34.8 Å². The largest absolute Gasteiger partial charge is 0.355 e. The molecule has 12 heteroatoms. The Kier molecular flexibility index (Phi) is 5.75. The van der Waals surface area contributed by atoms with Gasteiger partial charge in [-0.05, 0) is 31.2 Å². The first kappa shape index (κ1) is 23.9. The maximum Gasteiger partial charge on any atom is 0.277 e. The fraction of sp³-hybridized carbons (Fsp3) is 0.269. The monoisotopic (exact) mass is 518 g/mol. The minimum atomic E-state index is -0.756. The van der Waals surface area contributed by atoms with Crippen LogP contribution in [0.2, 0.25) is 0 Å². The molecule has 3 aromatic heterocycles. The van der Waals surface area contributed by atoms with Gasteiger partial charge in [0.2, 0.25) is 0 Å². The van der Waals surface area contributed by atoms with Crippen molar-refractivity contribution >= 4 is 39.3 Å². The number of carbonyl (C=O) groups excluding carboxylic acids is 1. The molecule has 10 nitrogen and oxygen atoms in total. The Morgan fingerprint density at radius 1 is 1.08 bits per heavy atom. The number of halogens is 2. The maximum absolute atomic E-state index is 15.4. The quantitative estimate of drug-likeness (QED) is 0.376. The van der Waals surface area contributed by atoms with Gasteiger partial charge < -0.3 is 15.2 Å². The summed E-state index contributed by atoms with van der Waals surface area (Å²) >= 11 is 0. The predicted molar refractivity (Wildman–Crippen MR) is 138 cm³/mol. The van der Waals surface area contributed by atoms with Gasteiger partial charge in [-0.2, -0.15) is 5.10 Å². The Morgan fingerprint density at radius 2 is 1.87 bits per heavy atom. The van der Waals surface area contributed by atoms with Gasteiger partial charge in [-0.15, -0.1) is 0 Å². The molecule has 1 fully saturated rings. The Hall–Kier alpha value is -4.45. The standard InChI is InChI=1S/C26H24F2N8O2/c1-14-24(32-19-11-15(25(37)29-2)3-5-18(19)31-14)35-9-7-34(8-10-35)13-16-4-6-20-22(21(16)28)33-26(38)23-17(27)12-30-36(20)23/h3-6,11-12H,7-10,13H2,1-2H3,(H,29,37)(H,33,38). The van der Waals surface area contributed by atoms with Crippen molar-refractivity contribution in [3.05, 3.63) is 75.3 Å². The van der Waals surface area contributed by atoms with Gasteiger partial charge in [0.05, 0.1) is 28.4 Å². The lowest BCUT2D eigenvalue weighted by Gasteiger charge is -2.36. The van der Waals surface area contributed by atoms with E-state index < -0.39 is 17.2 Å². The van der Waals surface area contributed by atoms with Crippen molar-refractivity contribution in [2.24, 2.45) is 0 Å². The molecule has 5 aromatic rings. The second-order valence-corrected chi connectivity index (χ2v) is 9.32. The molecular weight excluding hydrogens is 494 g/mol. The molecule has 0 bridgehead atoms. The van der Waals surface area contributed by atoms with Crippen molar-refractivity contribution in [2.45, 2.75) is 13.5 Å². The number of nitrogens with zero attached hydrogens (tertiary/aromatic N) is 6. The van der Waals surface area contributed by atoms with Gasteiger partial charge in [-0.3, -0.25) is 14.5 Å². The van der Waals surface area contributed by atoms with Gasteiger partial charge in [-0.25, -0.2) is 23.3 Å². The third-order valence-corrected chi connectivity index (χ3v) is 6.97. The topological polar surface area (TPSA) is 112 Å². The zero-order valence-electron chi connectivity index (χ0n) is 20.8. The first-order chi connectivity index (χ1) is 18.3. The summed E-state index contributed by atoms with van der Waals surface area (Å²) in [6.45, 7) is 4.91. The number of nitrogens with one attached hydrogen (secondary N) is 2. The minimum absolute atomic E-state index is 0.0000715. The van der Waals surface area contributed by atoms with Crippen LogP contribution in [0.15, 0.2) is 41.3 Å². The average molecular weight is 519 g/mol. The SMILES string of the molecule is CNC(=O)c1ccc2nc(C)c(N3CCN(Cc4ccc5c([nH]c(=O)c6c(F)cnn65)c4F)CC3)nc2c1. The molecule has 194 valence electrons. The highest BCUT2D eigenvalue weighted by atomic mass is 19.1. The van der Waals surface area contributed by atoms with Crippen LogP contribution in [-0.4, -0.2) is 68.6 Å². The van der Waals surface area contributed by atoms with Crippen molar-refractivity contribution in [3.8, 4) is 0 Å². The van der Waals surface area contributed by atoms with E-state index in [1.807, 2.05) is 6.92 Å². The molecule has 4 heterocycles. The van der Waals surface area contributed by atoms with Gasteiger partial charge in [0, 0.05) is 50.9 Å². The van der Waals surface area contributed by atoms with Crippen molar-refractivity contribution < 1.29 is 13.6 Å². The number of anilines is 1. The molecular formula is C26H24F2N8O2. The van der Waals surface area contributed by atoms with Gasteiger partial charge >= 0.3 is 0 Å². The van der Waals surface area contributed by atoms with E-state index >= 15 is 4.39 Å². The molecule has 1 aliphatic rings. The van der Waals surface area contributed by atoms with E-state index in [0.717, 1.165) is 27.7 Å². The van der Waals surface area contributed by atoms with Crippen LogP contribution in [0.25, 0.3) is 27.6 Å². The molecule has 0 saturated carbocycles. The summed E-state index contributed by atoms with van der Waals surface area (Å²) in [6, 6.07) is 8.54. The molecule has 6 rings (SSSR count). The normalized spacial score (nSPS) is 14.6. The molecule has 0 atom stereocenters. The van der Waals surface area contributed by atoms with Crippen LogP contribution in [-0.2, 0) is 6.54 Å². The van der Waals surface area contributed by atoms with E-state index in [1.165, 1.54) is 0 Å². The molecule has 1 amide bonds. The number of carbonyl (C=O) groups is 1. The molecule has 38 heavy (non-hydrogen) atoms. The number of amides is 1. The summed E-state index contributed by atoms with van der Waals surface area (Å²) in [6.07, 6.45) is 0.942. The third-order valence-electron chi connectivity index (χ3n) is 6.97. The van der Waals surface area contributed by atoms with Gasteiger partial charge in [0.1, 0.15) is 5.52 Å². The van der Waals surface area contributed by atoms with Gasteiger partial charge in [0.15, 0.2) is 23.0 Å². The number of aromatic amines is 1. The molecule has 0 unspecified atom stereocenters. The van der Waals surface area contributed by atoms with Crippen LogP contribution in [0.3, 0.4) is 0 Å². The first-order valence-corrected chi connectivity index (χ1v) is 12.2. The average Bonchev–Trinajstić information content (AvgIpc) is 3.32. The van der Waals surface area contributed by atoms with Crippen LogP contribution in [0, 0.1) is 18.6 Å². The molecule has 2 N–H and O–H groups in total. The Bertz CT molecular complexity index is 1790. The number of piperazine rings is 1. The fourth-order valence-corrected chi connectivity index (χ4v) is 4.99. The van der Waals surface area contributed by atoms with Gasteiger partial charge in [0.25, 0.3) is 11.5 Å². The van der Waals surface area contributed by atoms with Crippen molar-refractivity contribution in [3.63, 3.8) is 0 Å². The number of hydrogen-bond acceptors (Lipinski definition) is 7. The number of rotatable bonds is 4. The van der Waals surface area contributed by atoms with E-state index in [-0.39, 0.29) is 16.9 Å². The molecule has 1 aliphatic heterocycles. The Balaban J connectivity index is 1.21. The second kappa shape index (κ2) is 9.14. The lowest BCUT2D eigenvalue weighted by molar-refractivity contribution is 0.0963. The van der Waals surface area contributed by atoms with E-state index in [4.69, 9.17) is 4.98 Å². The highest BCUT2D eigenvalue weighted by Crippen LogP contribution is 2.24. The van der Waals surface area contributed by atoms with Crippen LogP contribution in [0.4, 0.5) is 14.6 Å². The smallest absolute Gasteiger partial charge is 0.277 e. The number of H-pyrrole nitrogens is 1. The predicted octanol–water partition coefficient (Wildman–Crippen LogP) is 2.39. The minimum Gasteiger partial charge on any atom is -0.355 e. The maximum atomic E-state index is 15.4. The molecule has 0 radical (unpaired) electrons. The Labute approximate surface area is 214 Å². The van der Waals surface area contributed by atoms with E-state index in [0.29, 0.717) is 54.9 Å². The summed E-state index contributed by atoms with van der Waals surface area (Å²) < 4.78 is 30.4. The Morgan fingerprint density at radius 3 is 2.63 bits per heavy atom. The second-order valence-electron chi connectivity index (χ2n) is 9.32. The van der Waals surface area contributed by atoms with Crippen LogP contribution in [0.5, 0.6) is 0 Å². The zero-order valence-corrected chi connectivity index (χ0v) is 20.8. The van der Waals surface area contributed by atoms with Gasteiger partial charge in [-0.1, -0.05) is 6.07 Å². The summed E-state index contributed by atoms with van der Waals surface area (Å²) in [5.74, 6) is -0.733. The molecule has 0 aliphatic carbocycles. The van der Waals surface area contributed by atoms with Crippen LogP contribution < -0.4 is 15.8 Å². The molecule has 1 saturated heterocycles. The molecule has 0 spiro atoms. The number of benzene rings is 2. The zero-order chi connectivity index (χ0) is 26.6. The summed E-state index contributed by atoms with van der Waals surface area (Å²) in [5.41, 5.74) is 2.43. The summed E-state index contributed by atoms with van der Waals surface area (Å²) in [5, 5.41) is 6.50. The highest BCUT2D eigenvalue weighted by Gasteiger charge is 2.23. The van der Waals surface area contributed by atoms with Crippen LogP contribution in [0.1, 0.15) is 21.6 Å². The van der Waals surface area contributed by atoms with E-state index in [9.17, 15) is 14.0 Å². The van der Waals surface area contributed by atoms with Crippen LogP contribution >= 0.6 is 0 Å². The number of aromatic nitrogens is 5. The summed E-state index contributed by atoms with van der Waals surface area (Å²) in [4.78, 5) is 40.6. The molecule has 2 aromatic carbocycles. The lowest BCUT2D eigenvalue weighted by Crippen LogP contribution is -2.46. The van der Waals surface area contributed by atoms with E-state index in [1.54, 1.807) is 37.4 Å². The van der Waals surface area contributed by atoms with Crippen molar-refractivity contribution in [2.75, 3.05) is 38.1 Å². The third kappa shape index (κ3) is 3.93. The summed E-state index contributed by atoms with van der Waals surface area (Å²) in [7, 11) is 1.58. The lowest BCUT2D eigenvalue weighted by atomic mass is 10.1. The fourth-order valence-electron chi connectivity index (χ4n) is 4.99. The number of fused-ring (bicyclic) bond motifs is 4. The first-order valence-electron chi connectivity index (χ1n) is 12.2. The number of aryl methyl sites for hydroxylation is 1. The highest BCUT2D eigenvalue weighted by molar-refractivity contribution is 5.97. The van der Waals surface area contributed by atoms with E-state index in [2.05, 4.69) is 30.2 Å². The van der Waals surface area contributed by atoms with Crippen molar-refractivity contribution in [1.29, 1.82) is 0 Å².